The number of likely N-dealkylation sites (tertiary alicyclic amines) is 1. The summed E-state index contributed by atoms with van der Waals surface area (Å²) < 4.78 is 0. The van der Waals surface area contributed by atoms with E-state index in [0.29, 0.717) is 25.8 Å². The van der Waals surface area contributed by atoms with Crippen LogP contribution in [0.2, 0.25) is 0 Å². The van der Waals surface area contributed by atoms with Crippen LogP contribution < -0.4 is 5.73 Å². The number of carboxylic acids is 1. The highest BCUT2D eigenvalue weighted by Crippen LogP contribution is 2.27. The van der Waals surface area contributed by atoms with E-state index >= 15 is 0 Å². The van der Waals surface area contributed by atoms with Gasteiger partial charge in [0.25, 0.3) is 0 Å². The lowest BCUT2D eigenvalue weighted by Crippen LogP contribution is -2.48. The lowest BCUT2D eigenvalue weighted by molar-refractivity contribution is -0.148. The standard InChI is InChI=1S/C13H20N2O3/c1-8-6-10(13(17)18)4-5-15(8)12(16)9-2-3-11(14)7-9/h2-3,8-11H,4-7,14H2,1H3,(H,17,18). The van der Waals surface area contributed by atoms with Crippen molar-refractivity contribution >= 4 is 11.9 Å². The van der Waals surface area contributed by atoms with E-state index in [2.05, 4.69) is 0 Å². The minimum atomic E-state index is -0.753. The Bertz CT molecular complexity index is 380. The fraction of sp³-hybridized carbons (Fsp3) is 0.692. The maximum absolute atomic E-state index is 12.3. The van der Waals surface area contributed by atoms with Crippen molar-refractivity contribution < 1.29 is 14.7 Å². The summed E-state index contributed by atoms with van der Waals surface area (Å²) in [6.07, 6.45) is 5.52. The van der Waals surface area contributed by atoms with Crippen molar-refractivity contribution in [2.75, 3.05) is 6.54 Å². The number of nitrogens with two attached hydrogens (primary N) is 1. The average Bonchev–Trinajstić information content (AvgIpc) is 2.74. The van der Waals surface area contributed by atoms with Crippen molar-refractivity contribution in [2.45, 2.75) is 38.3 Å². The van der Waals surface area contributed by atoms with Crippen LogP contribution in [0.3, 0.4) is 0 Å². The number of amides is 1. The van der Waals surface area contributed by atoms with Gasteiger partial charge in [-0.15, -0.1) is 0 Å². The highest BCUT2D eigenvalue weighted by Gasteiger charge is 2.35. The zero-order chi connectivity index (χ0) is 13.3. The Balaban J connectivity index is 1.96. The number of carbonyl (C=O) groups excluding carboxylic acids is 1. The van der Waals surface area contributed by atoms with E-state index in [9.17, 15) is 9.59 Å². The molecule has 4 unspecified atom stereocenters. The van der Waals surface area contributed by atoms with Crippen molar-refractivity contribution in [2.24, 2.45) is 17.6 Å². The third kappa shape index (κ3) is 2.56. The van der Waals surface area contributed by atoms with E-state index in [1.165, 1.54) is 0 Å². The summed E-state index contributed by atoms with van der Waals surface area (Å²) in [5.41, 5.74) is 5.75. The topological polar surface area (TPSA) is 83.6 Å². The molecular formula is C13H20N2O3. The lowest BCUT2D eigenvalue weighted by Gasteiger charge is -2.37. The lowest BCUT2D eigenvalue weighted by atomic mass is 9.90. The third-order valence-corrected chi connectivity index (χ3v) is 3.94. The molecule has 0 aromatic carbocycles. The zero-order valence-corrected chi connectivity index (χ0v) is 10.6. The van der Waals surface area contributed by atoms with Gasteiger partial charge >= 0.3 is 5.97 Å². The molecule has 1 saturated heterocycles. The molecule has 2 rings (SSSR count). The Morgan fingerprint density at radius 2 is 2.06 bits per heavy atom. The molecule has 4 atom stereocenters. The fourth-order valence-electron chi connectivity index (χ4n) is 2.85. The van der Waals surface area contributed by atoms with Gasteiger partial charge in [-0.3, -0.25) is 9.59 Å². The van der Waals surface area contributed by atoms with Crippen LogP contribution in [0, 0.1) is 11.8 Å². The first-order chi connectivity index (χ1) is 8.49. The first kappa shape index (κ1) is 13.1. The molecule has 1 fully saturated rings. The minimum Gasteiger partial charge on any atom is -0.481 e. The summed E-state index contributed by atoms with van der Waals surface area (Å²) in [6, 6.07) is -0.0246. The summed E-state index contributed by atoms with van der Waals surface area (Å²) in [5, 5.41) is 9.00. The predicted octanol–water partition coefficient (Wildman–Crippen LogP) is 0.601. The first-order valence-corrected chi connectivity index (χ1v) is 6.46. The molecule has 1 amide bonds. The quantitative estimate of drug-likeness (QED) is 0.705. The van der Waals surface area contributed by atoms with Gasteiger partial charge in [0.15, 0.2) is 0 Å². The van der Waals surface area contributed by atoms with Crippen molar-refractivity contribution in [3.8, 4) is 0 Å². The number of piperidine rings is 1. The van der Waals surface area contributed by atoms with Gasteiger partial charge in [0.1, 0.15) is 0 Å². The van der Waals surface area contributed by atoms with Gasteiger partial charge in [0, 0.05) is 18.6 Å². The number of rotatable bonds is 2. The fourth-order valence-corrected chi connectivity index (χ4v) is 2.85. The van der Waals surface area contributed by atoms with E-state index in [1.807, 2.05) is 24.0 Å². The van der Waals surface area contributed by atoms with Crippen LogP contribution in [0.15, 0.2) is 12.2 Å². The van der Waals surface area contributed by atoms with Gasteiger partial charge in [-0.25, -0.2) is 0 Å². The molecule has 0 saturated carbocycles. The summed E-state index contributed by atoms with van der Waals surface area (Å²) in [4.78, 5) is 25.1. The number of hydrogen-bond acceptors (Lipinski definition) is 3. The smallest absolute Gasteiger partial charge is 0.306 e. The van der Waals surface area contributed by atoms with E-state index in [4.69, 9.17) is 10.8 Å². The van der Waals surface area contributed by atoms with Gasteiger partial charge < -0.3 is 15.7 Å². The first-order valence-electron chi connectivity index (χ1n) is 6.46. The second kappa shape index (κ2) is 5.10. The second-order valence-electron chi connectivity index (χ2n) is 5.33. The Hall–Kier alpha value is -1.36. The molecule has 3 N–H and O–H groups in total. The van der Waals surface area contributed by atoms with Gasteiger partial charge in [0.05, 0.1) is 11.8 Å². The van der Waals surface area contributed by atoms with Crippen LogP contribution in [-0.2, 0) is 9.59 Å². The van der Waals surface area contributed by atoms with Crippen molar-refractivity contribution in [3.63, 3.8) is 0 Å². The highest BCUT2D eigenvalue weighted by molar-refractivity contribution is 5.82. The van der Waals surface area contributed by atoms with Crippen LogP contribution in [0.1, 0.15) is 26.2 Å². The molecule has 18 heavy (non-hydrogen) atoms. The molecule has 1 heterocycles. The van der Waals surface area contributed by atoms with Crippen LogP contribution in [0.4, 0.5) is 0 Å². The van der Waals surface area contributed by atoms with E-state index in [0.717, 1.165) is 0 Å². The second-order valence-corrected chi connectivity index (χ2v) is 5.33. The minimum absolute atomic E-state index is 0.00225. The highest BCUT2D eigenvalue weighted by atomic mass is 16.4. The Morgan fingerprint density at radius 1 is 1.33 bits per heavy atom. The number of nitrogens with zero attached hydrogens (tertiary/aromatic N) is 1. The molecule has 0 bridgehead atoms. The summed E-state index contributed by atoms with van der Waals surface area (Å²) in [5.74, 6) is -1.10. The predicted molar refractivity (Wildman–Crippen MR) is 66.8 cm³/mol. The number of carboxylic acid groups (broad SMARTS) is 1. The van der Waals surface area contributed by atoms with Crippen LogP contribution in [0.25, 0.3) is 0 Å². The van der Waals surface area contributed by atoms with E-state index in [-0.39, 0.29) is 29.8 Å². The molecule has 0 spiro atoms. The monoisotopic (exact) mass is 252 g/mol. The molecular weight excluding hydrogens is 232 g/mol. The van der Waals surface area contributed by atoms with E-state index in [1.54, 1.807) is 0 Å². The molecule has 0 radical (unpaired) electrons. The largest absolute Gasteiger partial charge is 0.481 e. The molecule has 5 nitrogen and oxygen atoms in total. The van der Waals surface area contributed by atoms with Gasteiger partial charge in [-0.2, -0.15) is 0 Å². The Kier molecular flexibility index (Phi) is 3.71. The number of aliphatic carboxylic acids is 1. The van der Waals surface area contributed by atoms with Crippen molar-refractivity contribution in [1.82, 2.24) is 4.90 Å². The van der Waals surface area contributed by atoms with Crippen LogP contribution >= 0.6 is 0 Å². The normalized spacial score (nSPS) is 35.8. The molecule has 0 aromatic heterocycles. The molecule has 2 aliphatic rings. The molecule has 1 aliphatic heterocycles. The zero-order valence-electron chi connectivity index (χ0n) is 10.6. The van der Waals surface area contributed by atoms with E-state index < -0.39 is 5.97 Å². The van der Waals surface area contributed by atoms with Crippen molar-refractivity contribution in [1.29, 1.82) is 0 Å². The van der Waals surface area contributed by atoms with Gasteiger partial charge in [-0.05, 0) is 26.2 Å². The van der Waals surface area contributed by atoms with Crippen LogP contribution in [-0.4, -0.2) is 40.5 Å². The Labute approximate surface area is 107 Å². The van der Waals surface area contributed by atoms with Gasteiger partial charge in [0.2, 0.25) is 5.91 Å². The van der Waals surface area contributed by atoms with Crippen LogP contribution in [0.5, 0.6) is 0 Å². The molecule has 5 heteroatoms. The summed E-state index contributed by atoms with van der Waals surface area (Å²) in [7, 11) is 0. The number of carbonyl (C=O) groups is 2. The molecule has 0 aromatic rings. The molecule has 1 aliphatic carbocycles. The third-order valence-electron chi connectivity index (χ3n) is 3.94. The number of hydrogen-bond donors (Lipinski definition) is 2. The maximum Gasteiger partial charge on any atom is 0.306 e. The molecule has 100 valence electrons. The Morgan fingerprint density at radius 3 is 2.56 bits per heavy atom. The summed E-state index contributed by atoms with van der Waals surface area (Å²) >= 11 is 0. The summed E-state index contributed by atoms with van der Waals surface area (Å²) in [6.45, 7) is 2.46. The van der Waals surface area contributed by atoms with Gasteiger partial charge in [-0.1, -0.05) is 12.2 Å². The maximum atomic E-state index is 12.3. The van der Waals surface area contributed by atoms with Crippen molar-refractivity contribution in [3.05, 3.63) is 12.2 Å². The SMILES string of the molecule is CC1CC(C(=O)O)CCN1C(=O)C1C=CC(N)C1. The average molecular weight is 252 g/mol.